The van der Waals surface area contributed by atoms with E-state index in [1.54, 1.807) is 0 Å². The van der Waals surface area contributed by atoms with Gasteiger partial charge in [-0.1, -0.05) is 52.9 Å². The molecular weight excluding hydrogens is 316 g/mol. The van der Waals surface area contributed by atoms with Crippen LogP contribution in [-0.4, -0.2) is 11.7 Å². The van der Waals surface area contributed by atoms with Crippen LogP contribution in [0.4, 0.5) is 0 Å². The summed E-state index contributed by atoms with van der Waals surface area (Å²) in [5.41, 5.74) is 0. The Balaban J connectivity index is 1.57. The molecule has 6 atom stereocenters. The van der Waals surface area contributed by atoms with Crippen LogP contribution in [0.2, 0.25) is 0 Å². The van der Waals surface area contributed by atoms with Crippen LogP contribution in [0.5, 0.6) is 0 Å². The van der Waals surface area contributed by atoms with Crippen LogP contribution < -0.4 is 0 Å². The van der Waals surface area contributed by atoms with Crippen LogP contribution in [0, 0.1) is 47.3 Å². The number of hydrogen-bond donors (Lipinski definition) is 1. The molecule has 0 aromatic heterocycles. The number of rotatable bonds is 6. The van der Waals surface area contributed by atoms with Crippen molar-refractivity contribution < 1.29 is 5.11 Å². The Morgan fingerprint density at radius 3 is 1.73 bits per heavy atom. The molecule has 3 rings (SSSR count). The molecule has 1 heteroatoms. The van der Waals surface area contributed by atoms with Crippen molar-refractivity contribution >= 4 is 0 Å². The maximum Gasteiger partial charge on any atom is 0.0459 e. The van der Waals surface area contributed by atoms with Crippen molar-refractivity contribution in [3.63, 3.8) is 0 Å². The lowest BCUT2D eigenvalue weighted by Gasteiger charge is -2.47. The van der Waals surface area contributed by atoms with E-state index in [0.29, 0.717) is 12.5 Å². The molecule has 0 spiro atoms. The molecule has 6 unspecified atom stereocenters. The zero-order valence-corrected chi connectivity index (χ0v) is 18.0. The topological polar surface area (TPSA) is 20.2 Å². The van der Waals surface area contributed by atoms with Crippen molar-refractivity contribution in [2.75, 3.05) is 6.61 Å². The fourth-order valence-electron chi connectivity index (χ4n) is 7.47. The molecule has 0 heterocycles. The Morgan fingerprint density at radius 1 is 0.577 bits per heavy atom. The van der Waals surface area contributed by atoms with Crippen LogP contribution in [0.1, 0.15) is 104 Å². The van der Waals surface area contributed by atoms with Crippen molar-refractivity contribution in [2.24, 2.45) is 47.3 Å². The van der Waals surface area contributed by atoms with E-state index in [0.717, 1.165) is 41.4 Å². The average Bonchev–Trinajstić information content (AvgIpc) is 2.72. The van der Waals surface area contributed by atoms with E-state index in [-0.39, 0.29) is 0 Å². The third kappa shape index (κ3) is 4.68. The molecule has 3 aliphatic rings. The Labute approximate surface area is 163 Å². The average molecular weight is 363 g/mol. The van der Waals surface area contributed by atoms with E-state index < -0.39 is 0 Å². The summed E-state index contributed by atoms with van der Waals surface area (Å²) >= 11 is 0. The largest absolute Gasteiger partial charge is 0.396 e. The highest BCUT2D eigenvalue weighted by Gasteiger charge is 2.41. The minimum atomic E-state index is 0.425. The van der Waals surface area contributed by atoms with Crippen LogP contribution >= 0.6 is 0 Å². The lowest BCUT2D eigenvalue weighted by atomic mass is 9.58. The molecule has 0 aromatic rings. The monoisotopic (exact) mass is 362 g/mol. The standard InChI is InChI=1S/C25H46O/c1-4-18-7-10-22(11-8-18)24-14-12-23(16-21(24)6-3)25-13-9-19(17-26)15-20(25)5-2/h18-26H,4-17H2,1-3H3. The smallest absolute Gasteiger partial charge is 0.0459 e. The van der Waals surface area contributed by atoms with E-state index >= 15 is 0 Å². The van der Waals surface area contributed by atoms with Gasteiger partial charge in [0.05, 0.1) is 0 Å². The first-order valence-electron chi connectivity index (χ1n) is 12.3. The predicted octanol–water partition coefficient (Wildman–Crippen LogP) is 7.08. The first-order chi connectivity index (χ1) is 12.7. The molecular formula is C25H46O. The van der Waals surface area contributed by atoms with Crippen molar-refractivity contribution in [3.8, 4) is 0 Å². The minimum absolute atomic E-state index is 0.425. The summed E-state index contributed by atoms with van der Waals surface area (Å²) in [5.74, 6) is 7.59. The van der Waals surface area contributed by atoms with E-state index in [9.17, 15) is 5.11 Å². The highest BCUT2D eigenvalue weighted by molar-refractivity contribution is 4.91. The molecule has 3 aliphatic carbocycles. The Kier molecular flexibility index (Phi) is 7.91. The molecule has 152 valence electrons. The second kappa shape index (κ2) is 9.94. The second-order valence-corrected chi connectivity index (χ2v) is 10.3. The zero-order chi connectivity index (χ0) is 18.5. The predicted molar refractivity (Wildman–Crippen MR) is 112 cm³/mol. The van der Waals surface area contributed by atoms with Crippen molar-refractivity contribution in [2.45, 2.75) is 104 Å². The molecule has 3 saturated carbocycles. The molecule has 0 amide bonds. The second-order valence-electron chi connectivity index (χ2n) is 10.3. The van der Waals surface area contributed by atoms with Gasteiger partial charge in [0.15, 0.2) is 0 Å². The molecule has 0 radical (unpaired) electrons. The summed E-state index contributed by atoms with van der Waals surface area (Å²) in [7, 11) is 0. The molecule has 0 bridgehead atoms. The summed E-state index contributed by atoms with van der Waals surface area (Å²) < 4.78 is 0. The summed E-state index contributed by atoms with van der Waals surface area (Å²) in [4.78, 5) is 0. The van der Waals surface area contributed by atoms with E-state index in [4.69, 9.17) is 0 Å². The number of hydrogen-bond acceptors (Lipinski definition) is 1. The molecule has 0 saturated heterocycles. The van der Waals surface area contributed by atoms with E-state index in [1.807, 2.05) is 0 Å². The van der Waals surface area contributed by atoms with Gasteiger partial charge in [0.2, 0.25) is 0 Å². The van der Waals surface area contributed by atoms with Crippen LogP contribution in [-0.2, 0) is 0 Å². The Bertz CT molecular complexity index is 397. The van der Waals surface area contributed by atoms with Gasteiger partial charge < -0.3 is 5.11 Å². The first kappa shape index (κ1) is 20.7. The van der Waals surface area contributed by atoms with Gasteiger partial charge in [-0.3, -0.25) is 0 Å². The fraction of sp³-hybridized carbons (Fsp3) is 1.00. The lowest BCUT2D eigenvalue weighted by molar-refractivity contribution is 0.0229. The van der Waals surface area contributed by atoms with Gasteiger partial charge in [-0.05, 0) is 98.7 Å². The van der Waals surface area contributed by atoms with Crippen LogP contribution in [0.3, 0.4) is 0 Å². The third-order valence-corrected chi connectivity index (χ3v) is 9.22. The van der Waals surface area contributed by atoms with Gasteiger partial charge in [-0.15, -0.1) is 0 Å². The van der Waals surface area contributed by atoms with Gasteiger partial charge >= 0.3 is 0 Å². The van der Waals surface area contributed by atoms with Gasteiger partial charge in [0, 0.05) is 6.61 Å². The molecule has 1 N–H and O–H groups in total. The van der Waals surface area contributed by atoms with Crippen molar-refractivity contribution in [1.82, 2.24) is 0 Å². The summed E-state index contributed by atoms with van der Waals surface area (Å²) in [6, 6.07) is 0. The van der Waals surface area contributed by atoms with Crippen molar-refractivity contribution in [1.29, 1.82) is 0 Å². The maximum absolute atomic E-state index is 9.60. The van der Waals surface area contributed by atoms with E-state index in [2.05, 4.69) is 20.8 Å². The maximum atomic E-state index is 9.60. The molecule has 0 aliphatic heterocycles. The Hall–Kier alpha value is -0.0400. The van der Waals surface area contributed by atoms with Crippen LogP contribution in [0.25, 0.3) is 0 Å². The molecule has 0 aromatic carbocycles. The fourth-order valence-corrected chi connectivity index (χ4v) is 7.47. The van der Waals surface area contributed by atoms with Crippen LogP contribution in [0.15, 0.2) is 0 Å². The third-order valence-electron chi connectivity index (χ3n) is 9.22. The Morgan fingerprint density at radius 2 is 1.12 bits per heavy atom. The SMILES string of the molecule is CCC1CCC(C2CCC(C3CCC(CO)CC3CC)CC2CC)CC1. The van der Waals surface area contributed by atoms with Gasteiger partial charge in [-0.2, -0.15) is 0 Å². The summed E-state index contributed by atoms with van der Waals surface area (Å²) in [6.07, 6.45) is 18.8. The van der Waals surface area contributed by atoms with E-state index in [1.165, 1.54) is 83.5 Å². The minimum Gasteiger partial charge on any atom is -0.396 e. The lowest BCUT2D eigenvalue weighted by Crippen LogP contribution is -2.38. The quantitative estimate of drug-likeness (QED) is 0.535. The molecule has 3 fully saturated rings. The number of aliphatic hydroxyl groups excluding tert-OH is 1. The van der Waals surface area contributed by atoms with Crippen molar-refractivity contribution in [3.05, 3.63) is 0 Å². The zero-order valence-electron chi connectivity index (χ0n) is 18.0. The first-order valence-corrected chi connectivity index (χ1v) is 12.3. The number of aliphatic hydroxyl groups is 1. The summed E-state index contributed by atoms with van der Waals surface area (Å²) in [5, 5.41) is 9.60. The molecule has 1 nitrogen and oxygen atoms in total. The highest BCUT2D eigenvalue weighted by atomic mass is 16.3. The van der Waals surface area contributed by atoms with Gasteiger partial charge in [-0.25, -0.2) is 0 Å². The normalized spacial score (nSPS) is 44.8. The van der Waals surface area contributed by atoms with Gasteiger partial charge in [0.25, 0.3) is 0 Å². The molecule has 26 heavy (non-hydrogen) atoms. The summed E-state index contributed by atoms with van der Waals surface area (Å²) in [6.45, 7) is 7.68. The highest BCUT2D eigenvalue weighted by Crippen LogP contribution is 2.51. The van der Waals surface area contributed by atoms with Gasteiger partial charge in [0.1, 0.15) is 0 Å².